The number of ether oxygens (including phenoxy) is 1. The zero-order valence-electron chi connectivity index (χ0n) is 18.8. The molecule has 0 radical (unpaired) electrons. The lowest BCUT2D eigenvalue weighted by molar-refractivity contribution is -0.121. The number of rotatable bonds is 5. The number of hydrogen-bond acceptors (Lipinski definition) is 7. The van der Waals surface area contributed by atoms with Crippen LogP contribution in [0.25, 0.3) is 23.0 Å². The Labute approximate surface area is 213 Å². The van der Waals surface area contributed by atoms with Crippen molar-refractivity contribution in [3.63, 3.8) is 0 Å². The largest absolute Gasteiger partial charge is 0.379 e. The molecule has 0 bridgehead atoms. The van der Waals surface area contributed by atoms with E-state index in [1.165, 1.54) is 21.0 Å². The summed E-state index contributed by atoms with van der Waals surface area (Å²) < 4.78 is 35.4. The number of likely N-dealkylation sites (N-methyl/N-ethyl adjacent to an activating group) is 1. The van der Waals surface area contributed by atoms with E-state index < -0.39 is 10.0 Å². The smallest absolute Gasteiger partial charge is 0.265 e. The molecule has 2 fully saturated rings. The Morgan fingerprint density at radius 1 is 1.09 bits per heavy atom. The van der Waals surface area contributed by atoms with Crippen molar-refractivity contribution in [1.82, 2.24) is 19.0 Å². The minimum Gasteiger partial charge on any atom is -0.379 e. The van der Waals surface area contributed by atoms with Crippen LogP contribution in [0.4, 0.5) is 0 Å². The monoisotopic (exact) mass is 526 g/mol. The number of morpholine rings is 1. The summed E-state index contributed by atoms with van der Waals surface area (Å²) in [5, 5.41) is 4.77. The van der Waals surface area contributed by atoms with Gasteiger partial charge in [-0.25, -0.2) is 13.1 Å². The molecule has 0 aliphatic carbocycles. The molecule has 2 aliphatic rings. The first-order chi connectivity index (χ1) is 16.8. The molecule has 11 heteroatoms. The zero-order chi connectivity index (χ0) is 24.6. The maximum Gasteiger partial charge on any atom is 0.265 e. The highest BCUT2D eigenvalue weighted by molar-refractivity contribution is 8.26. The van der Waals surface area contributed by atoms with Crippen LogP contribution in [-0.2, 0) is 19.6 Å². The third-order valence-electron chi connectivity index (χ3n) is 5.75. The summed E-state index contributed by atoms with van der Waals surface area (Å²) in [6, 6.07) is 16.3. The van der Waals surface area contributed by atoms with Gasteiger partial charge in [-0.15, -0.1) is 0 Å². The average molecular weight is 527 g/mol. The molecule has 0 N–H and O–H groups in total. The van der Waals surface area contributed by atoms with Crippen molar-refractivity contribution in [2.24, 2.45) is 0 Å². The van der Waals surface area contributed by atoms with E-state index in [2.05, 4.69) is 0 Å². The van der Waals surface area contributed by atoms with Gasteiger partial charge < -0.3 is 4.74 Å². The maximum atomic E-state index is 13.2. The number of carbonyl (C=O) groups is 1. The van der Waals surface area contributed by atoms with Crippen molar-refractivity contribution in [2.45, 2.75) is 4.90 Å². The van der Waals surface area contributed by atoms with E-state index >= 15 is 0 Å². The fourth-order valence-corrected chi connectivity index (χ4v) is 6.48. The SMILES string of the molecule is CN1C(=O)/C(=C/c2cn(-c3ccccc3)nc2-c2cccc(S(=O)(=O)N3CCOCC3)c2)SC1=S. The van der Waals surface area contributed by atoms with Crippen molar-refractivity contribution < 1.29 is 17.9 Å². The highest BCUT2D eigenvalue weighted by Crippen LogP contribution is 2.34. The predicted molar refractivity (Wildman–Crippen MR) is 140 cm³/mol. The second-order valence-electron chi connectivity index (χ2n) is 8.00. The lowest BCUT2D eigenvalue weighted by Gasteiger charge is -2.26. The van der Waals surface area contributed by atoms with Crippen molar-refractivity contribution in [3.05, 3.63) is 71.3 Å². The molecule has 5 rings (SSSR count). The molecule has 3 aromatic rings. The second kappa shape index (κ2) is 9.67. The zero-order valence-corrected chi connectivity index (χ0v) is 21.3. The molecule has 2 aliphatic heterocycles. The lowest BCUT2D eigenvalue weighted by atomic mass is 10.1. The van der Waals surface area contributed by atoms with Crippen LogP contribution in [0.15, 0.2) is 70.6 Å². The highest BCUT2D eigenvalue weighted by atomic mass is 32.2. The molecule has 2 aromatic carbocycles. The number of nitrogens with zero attached hydrogens (tertiary/aromatic N) is 4. The summed E-state index contributed by atoms with van der Waals surface area (Å²) in [6.45, 7) is 1.39. The number of benzene rings is 2. The molecule has 0 spiro atoms. The molecule has 35 heavy (non-hydrogen) atoms. The summed E-state index contributed by atoms with van der Waals surface area (Å²) in [5.41, 5.74) is 2.72. The van der Waals surface area contributed by atoms with Gasteiger partial charge in [0.15, 0.2) is 0 Å². The van der Waals surface area contributed by atoms with Crippen LogP contribution in [-0.4, -0.2) is 71.0 Å². The van der Waals surface area contributed by atoms with E-state index in [1.807, 2.05) is 42.6 Å². The Bertz CT molecular complexity index is 1430. The summed E-state index contributed by atoms with van der Waals surface area (Å²) in [6.07, 6.45) is 3.59. The number of thiocarbonyl (C=S) groups is 1. The fourth-order valence-electron chi connectivity index (χ4n) is 3.86. The van der Waals surface area contributed by atoms with Gasteiger partial charge in [0, 0.05) is 37.5 Å². The summed E-state index contributed by atoms with van der Waals surface area (Å²) in [4.78, 5) is 14.7. The van der Waals surface area contributed by atoms with Crippen LogP contribution in [0.5, 0.6) is 0 Å². The van der Waals surface area contributed by atoms with Gasteiger partial charge in [0.1, 0.15) is 10.0 Å². The van der Waals surface area contributed by atoms with Crippen molar-refractivity contribution >= 4 is 50.3 Å². The Morgan fingerprint density at radius 3 is 2.51 bits per heavy atom. The van der Waals surface area contributed by atoms with Crippen LogP contribution >= 0.6 is 24.0 Å². The maximum absolute atomic E-state index is 13.2. The summed E-state index contributed by atoms with van der Waals surface area (Å²) in [7, 11) is -2.03. The first kappa shape index (κ1) is 23.9. The van der Waals surface area contributed by atoms with Gasteiger partial charge in [-0.05, 0) is 30.3 Å². The number of amides is 1. The number of hydrogen-bond donors (Lipinski definition) is 0. The Hall–Kier alpha value is -2.83. The number of thioether (sulfide) groups is 1. The number of para-hydroxylation sites is 1. The fraction of sp³-hybridized carbons (Fsp3) is 0.208. The van der Waals surface area contributed by atoms with E-state index in [0.29, 0.717) is 52.3 Å². The topological polar surface area (TPSA) is 84.7 Å². The molecular weight excluding hydrogens is 504 g/mol. The van der Waals surface area contributed by atoms with Crippen LogP contribution in [0.3, 0.4) is 0 Å². The normalized spacial score (nSPS) is 18.5. The number of sulfonamides is 1. The third-order valence-corrected chi connectivity index (χ3v) is 9.13. The Kier molecular flexibility index (Phi) is 6.60. The van der Waals surface area contributed by atoms with E-state index in [1.54, 1.807) is 36.0 Å². The Morgan fingerprint density at radius 2 is 1.83 bits per heavy atom. The quantitative estimate of drug-likeness (QED) is 0.372. The molecule has 0 unspecified atom stereocenters. The van der Waals surface area contributed by atoms with Crippen molar-refractivity contribution in [2.75, 3.05) is 33.4 Å². The van der Waals surface area contributed by atoms with E-state index in [9.17, 15) is 13.2 Å². The van der Waals surface area contributed by atoms with Crippen LogP contribution in [0.1, 0.15) is 5.56 Å². The number of aromatic nitrogens is 2. The van der Waals surface area contributed by atoms with Gasteiger partial charge in [0.25, 0.3) is 5.91 Å². The van der Waals surface area contributed by atoms with E-state index in [-0.39, 0.29) is 10.8 Å². The van der Waals surface area contributed by atoms with Crippen molar-refractivity contribution in [3.8, 4) is 16.9 Å². The lowest BCUT2D eigenvalue weighted by Crippen LogP contribution is -2.40. The average Bonchev–Trinajstić information content (AvgIpc) is 3.42. The molecule has 1 aromatic heterocycles. The summed E-state index contributed by atoms with van der Waals surface area (Å²) >= 11 is 6.50. The molecule has 2 saturated heterocycles. The first-order valence-corrected chi connectivity index (χ1v) is 13.6. The standard InChI is InChI=1S/C24H22N4O4S3/c1-26-23(29)21(34-24(26)33)15-18-16-28(19-7-3-2-4-8-19)25-22(18)17-6-5-9-20(14-17)35(30,31)27-10-12-32-13-11-27/h2-9,14-16H,10-13H2,1H3/b21-15-. The minimum absolute atomic E-state index is 0.179. The molecule has 0 atom stereocenters. The number of carbonyl (C=O) groups excluding carboxylic acids is 1. The molecule has 3 heterocycles. The van der Waals surface area contributed by atoms with E-state index in [4.69, 9.17) is 22.1 Å². The molecule has 8 nitrogen and oxygen atoms in total. The van der Waals surface area contributed by atoms with Crippen LogP contribution in [0, 0.1) is 0 Å². The first-order valence-electron chi connectivity index (χ1n) is 10.9. The summed E-state index contributed by atoms with van der Waals surface area (Å²) in [5.74, 6) is -0.179. The van der Waals surface area contributed by atoms with Crippen molar-refractivity contribution in [1.29, 1.82) is 0 Å². The predicted octanol–water partition coefficient (Wildman–Crippen LogP) is 3.39. The Balaban J connectivity index is 1.60. The molecule has 1 amide bonds. The van der Waals surface area contributed by atoms with Crippen LogP contribution < -0.4 is 0 Å². The minimum atomic E-state index is -3.68. The van der Waals surface area contributed by atoms with E-state index in [0.717, 1.165) is 5.69 Å². The molecule has 180 valence electrons. The van der Waals surface area contributed by atoms with Gasteiger partial charge in [-0.3, -0.25) is 9.69 Å². The highest BCUT2D eigenvalue weighted by Gasteiger charge is 2.30. The third kappa shape index (κ3) is 4.69. The molecule has 0 saturated carbocycles. The van der Waals surface area contributed by atoms with Crippen LogP contribution in [0.2, 0.25) is 0 Å². The molecular formula is C24H22N4O4S3. The van der Waals surface area contributed by atoms with Gasteiger partial charge in [0.2, 0.25) is 10.0 Å². The second-order valence-corrected chi connectivity index (χ2v) is 11.6. The van der Waals surface area contributed by atoms with Gasteiger partial charge >= 0.3 is 0 Å². The van der Waals surface area contributed by atoms with Gasteiger partial charge in [-0.2, -0.15) is 9.40 Å². The van der Waals surface area contributed by atoms with Gasteiger partial charge in [0.05, 0.1) is 28.7 Å². The van der Waals surface area contributed by atoms with Gasteiger partial charge in [-0.1, -0.05) is 54.3 Å².